The first-order chi connectivity index (χ1) is 8.08. The molecule has 17 heavy (non-hydrogen) atoms. The molecule has 0 aromatic carbocycles. The zero-order valence-corrected chi connectivity index (χ0v) is 10.8. The van der Waals surface area contributed by atoms with Crippen LogP contribution in [0.5, 0.6) is 0 Å². The Labute approximate surface area is 102 Å². The molecule has 1 unspecified atom stereocenters. The van der Waals surface area contributed by atoms with Crippen molar-refractivity contribution >= 4 is 5.78 Å². The van der Waals surface area contributed by atoms with Gasteiger partial charge in [-0.05, 0) is 40.2 Å². The van der Waals surface area contributed by atoms with Gasteiger partial charge in [0.1, 0.15) is 11.5 Å². The Morgan fingerprint density at radius 3 is 2.88 bits per heavy atom. The van der Waals surface area contributed by atoms with E-state index in [1.807, 2.05) is 13.8 Å². The quantitative estimate of drug-likeness (QED) is 0.804. The van der Waals surface area contributed by atoms with E-state index in [9.17, 15) is 4.79 Å². The van der Waals surface area contributed by atoms with E-state index in [4.69, 9.17) is 4.52 Å². The predicted molar refractivity (Wildman–Crippen MR) is 64.7 cm³/mol. The molecule has 94 valence electrons. The molecule has 1 fully saturated rings. The van der Waals surface area contributed by atoms with Gasteiger partial charge in [-0.2, -0.15) is 0 Å². The molecule has 1 saturated heterocycles. The molecule has 0 amide bonds. The molecular weight excluding hydrogens is 216 g/mol. The summed E-state index contributed by atoms with van der Waals surface area (Å²) in [5, 5.41) is 3.98. The minimum absolute atomic E-state index is 0.278. The molecule has 1 aliphatic heterocycles. The first-order valence-electron chi connectivity index (χ1n) is 6.23. The van der Waals surface area contributed by atoms with Gasteiger partial charge in [0, 0.05) is 24.6 Å². The zero-order chi connectivity index (χ0) is 12.4. The fraction of sp³-hybridized carbons (Fsp3) is 0.692. The van der Waals surface area contributed by atoms with Crippen LogP contribution >= 0.6 is 0 Å². The first-order valence-corrected chi connectivity index (χ1v) is 6.23. The second kappa shape index (κ2) is 5.00. The summed E-state index contributed by atoms with van der Waals surface area (Å²) >= 11 is 0. The Hall–Kier alpha value is -1.16. The van der Waals surface area contributed by atoms with Gasteiger partial charge in [-0.3, -0.25) is 9.69 Å². The Morgan fingerprint density at radius 2 is 2.29 bits per heavy atom. The maximum Gasteiger partial charge on any atom is 0.138 e. The van der Waals surface area contributed by atoms with Crippen LogP contribution in [0.2, 0.25) is 0 Å². The summed E-state index contributed by atoms with van der Waals surface area (Å²) in [6, 6.07) is 0.404. The number of aromatic nitrogens is 1. The van der Waals surface area contributed by atoms with Crippen LogP contribution in [0, 0.1) is 13.8 Å². The highest BCUT2D eigenvalue weighted by molar-refractivity contribution is 5.76. The molecule has 1 atom stereocenters. The van der Waals surface area contributed by atoms with Gasteiger partial charge in [-0.25, -0.2) is 0 Å². The molecule has 4 nitrogen and oxygen atoms in total. The Balaban J connectivity index is 2.05. The number of hydrogen-bond donors (Lipinski definition) is 0. The Kier molecular flexibility index (Phi) is 3.62. The van der Waals surface area contributed by atoms with Crippen LogP contribution < -0.4 is 0 Å². The topological polar surface area (TPSA) is 46.3 Å². The number of rotatable bonds is 4. The second-order valence-electron chi connectivity index (χ2n) is 4.98. The van der Waals surface area contributed by atoms with Gasteiger partial charge < -0.3 is 4.52 Å². The van der Waals surface area contributed by atoms with Crippen molar-refractivity contribution in [2.24, 2.45) is 0 Å². The molecule has 1 aliphatic rings. The normalized spacial score (nSPS) is 21.0. The fourth-order valence-corrected chi connectivity index (χ4v) is 2.60. The van der Waals surface area contributed by atoms with E-state index in [0.717, 1.165) is 31.0 Å². The molecule has 2 rings (SSSR count). The van der Waals surface area contributed by atoms with E-state index in [1.54, 1.807) is 6.92 Å². The smallest absolute Gasteiger partial charge is 0.138 e. The van der Waals surface area contributed by atoms with E-state index in [2.05, 4.69) is 10.1 Å². The van der Waals surface area contributed by atoms with Crippen LogP contribution in [0.15, 0.2) is 4.52 Å². The Bertz CT molecular complexity index is 392. The summed E-state index contributed by atoms with van der Waals surface area (Å²) in [6.07, 6.45) is 2.98. The second-order valence-corrected chi connectivity index (χ2v) is 4.98. The molecule has 0 saturated carbocycles. The largest absolute Gasteiger partial charge is 0.361 e. The lowest BCUT2D eigenvalue weighted by Crippen LogP contribution is -2.30. The molecule has 0 N–H and O–H groups in total. The van der Waals surface area contributed by atoms with Crippen LogP contribution in [0.4, 0.5) is 0 Å². The van der Waals surface area contributed by atoms with Gasteiger partial charge in [-0.1, -0.05) is 5.16 Å². The van der Waals surface area contributed by atoms with E-state index < -0.39 is 0 Å². The minimum atomic E-state index is 0.278. The highest BCUT2D eigenvalue weighted by atomic mass is 16.5. The minimum Gasteiger partial charge on any atom is -0.361 e. The van der Waals surface area contributed by atoms with E-state index >= 15 is 0 Å². The third kappa shape index (κ3) is 2.75. The molecular formula is C13H20N2O2. The maximum absolute atomic E-state index is 11.2. The molecule has 2 heterocycles. The maximum atomic E-state index is 11.2. The molecule has 4 heteroatoms. The number of aryl methyl sites for hydroxylation is 2. The van der Waals surface area contributed by atoms with Crippen molar-refractivity contribution in [2.75, 3.05) is 6.54 Å². The van der Waals surface area contributed by atoms with Gasteiger partial charge in [0.05, 0.1) is 5.69 Å². The summed E-state index contributed by atoms with van der Waals surface area (Å²) in [4.78, 5) is 13.6. The summed E-state index contributed by atoms with van der Waals surface area (Å²) in [5.41, 5.74) is 2.15. The van der Waals surface area contributed by atoms with E-state index in [-0.39, 0.29) is 5.78 Å². The summed E-state index contributed by atoms with van der Waals surface area (Å²) in [7, 11) is 0. The van der Waals surface area contributed by atoms with Crippen LogP contribution in [0.1, 0.15) is 43.2 Å². The van der Waals surface area contributed by atoms with E-state index in [1.165, 1.54) is 12.0 Å². The van der Waals surface area contributed by atoms with Crippen LogP contribution in [-0.2, 0) is 11.3 Å². The van der Waals surface area contributed by atoms with Crippen molar-refractivity contribution in [3.8, 4) is 0 Å². The molecule has 0 aliphatic carbocycles. The number of hydrogen-bond acceptors (Lipinski definition) is 4. The standard InChI is InChI=1S/C13H20N2O2/c1-9(16)7-12-5-4-6-15(12)8-13-10(2)14-17-11(13)3/h12H,4-8H2,1-3H3. The number of ketones is 1. The third-order valence-electron chi connectivity index (χ3n) is 3.56. The first kappa shape index (κ1) is 12.3. The molecule has 0 spiro atoms. The number of carbonyl (C=O) groups is 1. The predicted octanol–water partition coefficient (Wildman–Crippen LogP) is 2.23. The van der Waals surface area contributed by atoms with Crippen LogP contribution in [0.3, 0.4) is 0 Å². The van der Waals surface area contributed by atoms with Crippen molar-refractivity contribution in [3.05, 3.63) is 17.0 Å². The number of nitrogens with zero attached hydrogens (tertiary/aromatic N) is 2. The van der Waals surface area contributed by atoms with Crippen LogP contribution in [0.25, 0.3) is 0 Å². The lowest BCUT2D eigenvalue weighted by atomic mass is 10.1. The summed E-state index contributed by atoms with van der Waals surface area (Å²) < 4.78 is 5.18. The summed E-state index contributed by atoms with van der Waals surface area (Å²) in [5.74, 6) is 1.18. The Morgan fingerprint density at radius 1 is 1.53 bits per heavy atom. The summed E-state index contributed by atoms with van der Waals surface area (Å²) in [6.45, 7) is 7.53. The number of likely N-dealkylation sites (tertiary alicyclic amines) is 1. The van der Waals surface area contributed by atoms with Crippen molar-refractivity contribution in [3.63, 3.8) is 0 Å². The van der Waals surface area contributed by atoms with Gasteiger partial charge >= 0.3 is 0 Å². The van der Waals surface area contributed by atoms with Crippen molar-refractivity contribution < 1.29 is 9.32 Å². The van der Waals surface area contributed by atoms with Crippen molar-refractivity contribution in [1.82, 2.24) is 10.1 Å². The highest BCUT2D eigenvalue weighted by Crippen LogP contribution is 2.24. The fourth-order valence-electron chi connectivity index (χ4n) is 2.60. The average molecular weight is 236 g/mol. The lowest BCUT2D eigenvalue weighted by molar-refractivity contribution is -0.118. The third-order valence-corrected chi connectivity index (χ3v) is 3.56. The van der Waals surface area contributed by atoms with E-state index in [0.29, 0.717) is 12.5 Å². The highest BCUT2D eigenvalue weighted by Gasteiger charge is 2.27. The van der Waals surface area contributed by atoms with Gasteiger partial charge in [0.2, 0.25) is 0 Å². The van der Waals surface area contributed by atoms with Crippen molar-refractivity contribution in [2.45, 2.75) is 52.6 Å². The molecule has 0 bridgehead atoms. The molecule has 0 radical (unpaired) electrons. The van der Waals surface area contributed by atoms with Gasteiger partial charge in [0.25, 0.3) is 0 Å². The van der Waals surface area contributed by atoms with Crippen LogP contribution in [-0.4, -0.2) is 28.4 Å². The average Bonchev–Trinajstić information content (AvgIpc) is 2.80. The number of carbonyl (C=O) groups excluding carboxylic acids is 1. The molecule has 1 aromatic heterocycles. The molecule has 1 aromatic rings. The zero-order valence-electron chi connectivity index (χ0n) is 10.8. The number of Topliss-reactive ketones (excluding diaryl/α,β-unsaturated/α-hetero) is 1. The van der Waals surface area contributed by atoms with Gasteiger partial charge in [-0.15, -0.1) is 0 Å². The SMILES string of the molecule is CC(=O)CC1CCCN1Cc1c(C)noc1C. The monoisotopic (exact) mass is 236 g/mol. The van der Waals surface area contributed by atoms with Crippen molar-refractivity contribution in [1.29, 1.82) is 0 Å². The van der Waals surface area contributed by atoms with Gasteiger partial charge in [0.15, 0.2) is 0 Å². The lowest BCUT2D eigenvalue weighted by Gasteiger charge is -2.23.